The molecule has 0 aromatic carbocycles. The smallest absolute Gasteiger partial charge is 0 e. The molecule has 0 bridgehead atoms. The Bertz CT molecular complexity index is 905. The van der Waals surface area contributed by atoms with Gasteiger partial charge in [-0.2, -0.15) is 0 Å². The van der Waals surface area contributed by atoms with Crippen LogP contribution in [0.25, 0.3) is 0 Å². The third-order valence-corrected chi connectivity index (χ3v) is 10.4. The molecule has 4 rings (SSSR count). The van der Waals surface area contributed by atoms with Crippen molar-refractivity contribution in [2.45, 2.75) is 0 Å². The Morgan fingerprint density at radius 3 is 0.222 bits per heavy atom. The third-order valence-electron chi connectivity index (χ3n) is 10.4. The molecule has 0 aromatic rings. The largest absolute Gasteiger partial charge is 0.412 e. The van der Waals surface area contributed by atoms with Crippen molar-refractivity contribution >= 4 is 15.6 Å². The van der Waals surface area contributed by atoms with Crippen LogP contribution in [-0.2, 0) is 68.3 Å². The van der Waals surface area contributed by atoms with Crippen LogP contribution in [0.3, 0.4) is 0 Å². The van der Waals surface area contributed by atoms with E-state index in [1.807, 2.05) is 0 Å². The number of hydrogen-bond acceptors (Lipinski definition) is 12. The summed E-state index contributed by atoms with van der Waals surface area (Å²) in [5, 5.41) is 0. The fraction of sp³-hybridized carbons (Fsp3) is 1.00. The summed E-state index contributed by atoms with van der Waals surface area (Å²) in [7, 11) is 5.10. The van der Waals surface area contributed by atoms with Crippen molar-refractivity contribution in [3.8, 4) is 0 Å². The van der Waals surface area contributed by atoms with E-state index >= 15 is 0 Å². The molecule has 4 aliphatic heterocycles. The predicted octanol–water partition coefficient (Wildman–Crippen LogP) is 0.988. The van der Waals surface area contributed by atoms with Crippen LogP contribution in [0.4, 0.5) is 50.4 Å². The van der Waals surface area contributed by atoms with E-state index in [4.69, 9.17) is 0 Å². The summed E-state index contributed by atoms with van der Waals surface area (Å²) >= 11 is 0. The van der Waals surface area contributed by atoms with Crippen LogP contribution in [0.2, 0.25) is 0 Å². The molecule has 0 saturated carbocycles. The summed E-state index contributed by atoms with van der Waals surface area (Å²) in [6.07, 6.45) is 0. The van der Waals surface area contributed by atoms with Gasteiger partial charge < -0.3 is 91.7 Å². The Balaban J connectivity index is -0.0000000591. The normalized spacial score (nSPS) is 22.0. The van der Waals surface area contributed by atoms with E-state index in [0.717, 1.165) is 0 Å². The number of nitrogens with zero attached hydrogens (tertiary/aromatic N) is 12. The Morgan fingerprint density at radius 1 is 0.167 bits per heavy atom. The first-order chi connectivity index (χ1) is 27.6. The molecule has 0 atom stereocenters. The fourth-order valence-corrected chi connectivity index (χ4v) is 5.44. The van der Waals surface area contributed by atoms with Gasteiger partial charge in [0.2, 0.25) is 0 Å². The maximum atomic E-state index is 9.87. The molecule has 0 amide bonds. The van der Waals surface area contributed by atoms with Crippen molar-refractivity contribution in [3.63, 3.8) is 0 Å². The van der Waals surface area contributed by atoms with E-state index in [1.54, 1.807) is 0 Å². The summed E-state index contributed by atoms with van der Waals surface area (Å²) in [4.78, 5) is 28.8. The molecular weight excluding hydrogens is 1210 g/mol. The molecular formula is C36H96F12Mn4N12O6P2-2. The Morgan fingerprint density at radius 2 is 0.194 bits per heavy atom. The molecule has 4 fully saturated rings. The van der Waals surface area contributed by atoms with Crippen molar-refractivity contribution < 1.29 is 151 Å². The zero-order chi connectivity index (χ0) is 48.7. The maximum absolute atomic E-state index is 10.7. The first kappa shape index (κ1) is 102. The second-order valence-electron chi connectivity index (χ2n) is 17.6. The van der Waals surface area contributed by atoms with Crippen LogP contribution in [-0.4, -0.2) is 333 Å². The van der Waals surface area contributed by atoms with Gasteiger partial charge in [-0.1, -0.05) is 0 Å². The first-order valence-corrected chi connectivity index (χ1v) is 25.0. The van der Waals surface area contributed by atoms with Crippen molar-refractivity contribution in [1.82, 2.24) is 58.8 Å². The molecule has 18 nitrogen and oxygen atoms in total. The van der Waals surface area contributed by atoms with Gasteiger partial charge in [-0.15, -0.1) is 0 Å². The minimum atomic E-state index is -10.7. The van der Waals surface area contributed by atoms with Gasteiger partial charge in [0.05, 0.1) is 0 Å². The maximum Gasteiger partial charge on any atom is 0 e. The minimum absolute atomic E-state index is 0. The number of hydrogen-bond donors (Lipinski definition) is 0. The second kappa shape index (κ2) is 44.2. The van der Waals surface area contributed by atoms with Crippen molar-refractivity contribution in [2.24, 2.45) is 0 Å². The summed E-state index contributed by atoms with van der Waals surface area (Å²) < 4.78 is 118. The molecule has 0 aromatic heterocycles. The summed E-state index contributed by atoms with van der Waals surface area (Å²) in [5.41, 5.74) is 0. The van der Waals surface area contributed by atoms with Crippen LogP contribution in [0.5, 0.6) is 0 Å². The van der Waals surface area contributed by atoms with Crippen molar-refractivity contribution in [3.05, 3.63) is 0 Å². The summed E-state index contributed by atoms with van der Waals surface area (Å²) in [5.74, 6) is 0. The van der Waals surface area contributed by atoms with Gasteiger partial charge in [-0.25, -0.2) is 0 Å². The van der Waals surface area contributed by atoms with E-state index in [2.05, 4.69) is 143 Å². The van der Waals surface area contributed by atoms with Crippen molar-refractivity contribution in [2.75, 3.05) is 242 Å². The molecule has 36 heteroatoms. The molecule has 460 valence electrons. The zero-order valence-electron chi connectivity index (χ0n) is 44.3. The van der Waals surface area contributed by atoms with Crippen LogP contribution in [0, 0.1) is 0 Å². The molecule has 12 N–H and O–H groups in total. The van der Waals surface area contributed by atoms with Gasteiger partial charge in [-0.3, -0.25) is 0 Å². The molecule has 72 heavy (non-hydrogen) atoms. The first-order valence-electron chi connectivity index (χ1n) is 21.0. The zero-order valence-corrected chi connectivity index (χ0v) is 50.8. The average molecular weight is 1300 g/mol. The van der Waals surface area contributed by atoms with E-state index in [0.29, 0.717) is 0 Å². The average Bonchev–Trinajstić information content (AvgIpc) is 3.31. The van der Waals surface area contributed by atoms with Crippen LogP contribution < -0.4 is 0 Å². The van der Waals surface area contributed by atoms with Crippen LogP contribution in [0.15, 0.2) is 0 Å². The Hall–Kier alpha value is 1.38. The predicted molar refractivity (Wildman–Crippen MR) is 259 cm³/mol. The third kappa shape index (κ3) is 93.8. The summed E-state index contributed by atoms with van der Waals surface area (Å²) in [6, 6.07) is 0. The molecule has 4 heterocycles. The van der Waals surface area contributed by atoms with Crippen molar-refractivity contribution in [1.29, 1.82) is 0 Å². The SMILES string of the molecule is CN1CCN(C)CCN(C)CC1.CN1CCN(C)CCN(C)CC1.CN1CCN(C)CCN(C)CC1.CN1CCN(C)CCN(C)CC1.F[P-](F)(F)(F)(F)F.F[P-](F)(F)(F)(F)F.O.O.O.O.O.O.[Mn].[Mn].[Mn].[Mn]. The van der Waals surface area contributed by atoms with Gasteiger partial charge in [0.25, 0.3) is 0 Å². The van der Waals surface area contributed by atoms with Crippen LogP contribution >= 0.6 is 15.6 Å². The second-order valence-corrected chi connectivity index (χ2v) is 21.4. The fourth-order valence-electron chi connectivity index (χ4n) is 5.44. The number of likely N-dealkylation sites (N-methyl/N-ethyl adjacent to an activating group) is 12. The number of halogens is 12. The van der Waals surface area contributed by atoms with E-state index in [1.165, 1.54) is 157 Å². The quantitative estimate of drug-likeness (QED) is 0.188. The summed E-state index contributed by atoms with van der Waals surface area (Å²) in [6.45, 7) is 28.8. The van der Waals surface area contributed by atoms with E-state index in [9.17, 15) is 50.4 Å². The van der Waals surface area contributed by atoms with E-state index < -0.39 is 15.6 Å². The Labute approximate surface area is 465 Å². The standard InChI is InChI=1S/4C9H21N3.2F6P.4Mn.6H2O/c4*1-10-4-6-11(2)8-9-12(3)7-5-10;2*1-7(2,3,4,5)6;;;;;;;;;;/h4*4-9H2,1-3H3;;;;;;;6*1H2/q;;;;2*-1;;;;;;;;;;. The molecule has 4 saturated heterocycles. The van der Waals surface area contributed by atoms with Gasteiger partial charge in [0.15, 0.2) is 0 Å². The number of rotatable bonds is 0. The molecule has 0 spiro atoms. The van der Waals surface area contributed by atoms with Gasteiger partial charge in [0, 0.05) is 225 Å². The molecule has 0 aliphatic carbocycles. The van der Waals surface area contributed by atoms with Crippen LogP contribution in [0.1, 0.15) is 0 Å². The van der Waals surface area contributed by atoms with Gasteiger partial charge in [0.1, 0.15) is 0 Å². The van der Waals surface area contributed by atoms with Gasteiger partial charge >= 0.3 is 66.0 Å². The molecule has 4 aliphatic rings. The van der Waals surface area contributed by atoms with Gasteiger partial charge in [-0.05, 0) is 84.6 Å². The molecule has 0 unspecified atom stereocenters. The topological polar surface area (TPSA) is 228 Å². The molecule has 4 radical (unpaired) electrons. The Kier molecular flexibility index (Phi) is 62.6. The van der Waals surface area contributed by atoms with E-state index in [-0.39, 0.29) is 101 Å². The monoisotopic (exact) mass is 1300 g/mol. The minimum Gasteiger partial charge on any atom is -0.412 e.